The number of piperidine rings is 1. The van der Waals surface area contributed by atoms with Gasteiger partial charge in [0.2, 0.25) is 10.0 Å². The Morgan fingerprint density at radius 1 is 1.38 bits per heavy atom. The van der Waals surface area contributed by atoms with E-state index in [2.05, 4.69) is 16.8 Å². The molecule has 21 heavy (non-hydrogen) atoms. The van der Waals surface area contributed by atoms with Crippen molar-refractivity contribution < 1.29 is 8.42 Å². The molecule has 0 radical (unpaired) electrons. The van der Waals surface area contributed by atoms with Crippen molar-refractivity contribution in [1.29, 1.82) is 0 Å². The molecule has 118 valence electrons. The molecule has 2 fully saturated rings. The van der Waals surface area contributed by atoms with Gasteiger partial charge in [0, 0.05) is 37.6 Å². The van der Waals surface area contributed by atoms with Crippen molar-refractivity contribution >= 4 is 10.0 Å². The Balaban J connectivity index is 1.90. The molecular formula is C15H25N3O2S. The SMILES string of the molecule is CCCn1cc(S(=O)(=O)N2CC3CCC2C3)cc1CNC. The molecule has 3 rings (SSSR count). The molecular weight excluding hydrogens is 286 g/mol. The number of aryl methyl sites for hydroxylation is 1. The van der Waals surface area contributed by atoms with Crippen molar-refractivity contribution in [3.63, 3.8) is 0 Å². The Morgan fingerprint density at radius 2 is 2.19 bits per heavy atom. The topological polar surface area (TPSA) is 54.3 Å². The lowest BCUT2D eigenvalue weighted by Gasteiger charge is -2.25. The fraction of sp³-hybridized carbons (Fsp3) is 0.733. The van der Waals surface area contributed by atoms with Crippen LogP contribution in [0.4, 0.5) is 0 Å². The molecule has 2 atom stereocenters. The molecule has 0 aromatic carbocycles. The quantitative estimate of drug-likeness (QED) is 0.871. The van der Waals surface area contributed by atoms with Crippen LogP contribution in [0, 0.1) is 5.92 Å². The third-order valence-corrected chi connectivity index (χ3v) is 6.63. The van der Waals surface area contributed by atoms with Crippen molar-refractivity contribution in [2.45, 2.75) is 56.6 Å². The summed E-state index contributed by atoms with van der Waals surface area (Å²) >= 11 is 0. The standard InChI is InChI=1S/C15H25N3O2S/c1-3-6-17-11-15(8-14(17)9-16-2)21(19,20)18-10-12-4-5-13(18)7-12/h8,11-13,16H,3-7,9-10H2,1-2H3. The molecule has 2 unspecified atom stereocenters. The predicted octanol–water partition coefficient (Wildman–Crippen LogP) is 1.79. The molecule has 1 N–H and O–H groups in total. The van der Waals surface area contributed by atoms with Crippen molar-refractivity contribution in [1.82, 2.24) is 14.2 Å². The van der Waals surface area contributed by atoms with E-state index in [1.165, 1.54) is 6.42 Å². The highest BCUT2D eigenvalue weighted by Crippen LogP contribution is 2.40. The van der Waals surface area contributed by atoms with Crippen LogP contribution in [0.1, 0.15) is 38.3 Å². The van der Waals surface area contributed by atoms with E-state index in [4.69, 9.17) is 0 Å². The maximum absolute atomic E-state index is 12.9. The second-order valence-electron chi connectivity index (χ2n) is 6.30. The predicted molar refractivity (Wildman–Crippen MR) is 82.5 cm³/mol. The lowest BCUT2D eigenvalue weighted by molar-refractivity contribution is 0.333. The highest BCUT2D eigenvalue weighted by molar-refractivity contribution is 7.89. The van der Waals surface area contributed by atoms with E-state index >= 15 is 0 Å². The first-order chi connectivity index (χ1) is 10.1. The van der Waals surface area contributed by atoms with Gasteiger partial charge >= 0.3 is 0 Å². The minimum absolute atomic E-state index is 0.238. The summed E-state index contributed by atoms with van der Waals surface area (Å²) in [4.78, 5) is 0.466. The number of hydrogen-bond donors (Lipinski definition) is 1. The molecule has 1 aromatic heterocycles. The maximum Gasteiger partial charge on any atom is 0.244 e. The summed E-state index contributed by atoms with van der Waals surface area (Å²) < 4.78 is 29.6. The van der Waals surface area contributed by atoms with Gasteiger partial charge in [-0.2, -0.15) is 4.31 Å². The second kappa shape index (κ2) is 5.74. The smallest absolute Gasteiger partial charge is 0.244 e. The minimum Gasteiger partial charge on any atom is -0.349 e. The highest BCUT2D eigenvalue weighted by Gasteiger charge is 2.44. The summed E-state index contributed by atoms with van der Waals surface area (Å²) in [5, 5.41) is 3.11. The number of hydrogen-bond acceptors (Lipinski definition) is 3. The van der Waals surface area contributed by atoms with Crippen LogP contribution in [-0.2, 0) is 23.1 Å². The van der Waals surface area contributed by atoms with Crippen LogP contribution in [0.2, 0.25) is 0 Å². The van der Waals surface area contributed by atoms with E-state index in [9.17, 15) is 8.42 Å². The monoisotopic (exact) mass is 311 g/mol. The summed E-state index contributed by atoms with van der Waals surface area (Å²) in [5.41, 5.74) is 1.04. The zero-order valence-corrected chi connectivity index (χ0v) is 13.7. The molecule has 2 heterocycles. The van der Waals surface area contributed by atoms with Gasteiger partial charge in [0.25, 0.3) is 0 Å². The Kier molecular flexibility index (Phi) is 4.12. The number of nitrogens with one attached hydrogen (secondary N) is 1. The van der Waals surface area contributed by atoms with E-state index in [1.54, 1.807) is 4.31 Å². The molecule has 1 aromatic rings. The van der Waals surface area contributed by atoms with Crippen molar-refractivity contribution in [3.05, 3.63) is 18.0 Å². The van der Waals surface area contributed by atoms with Gasteiger partial charge in [-0.25, -0.2) is 8.42 Å². The maximum atomic E-state index is 12.9. The van der Waals surface area contributed by atoms with Gasteiger partial charge < -0.3 is 9.88 Å². The molecule has 0 spiro atoms. The first-order valence-electron chi connectivity index (χ1n) is 7.91. The summed E-state index contributed by atoms with van der Waals surface area (Å²) in [6.45, 7) is 4.38. The van der Waals surface area contributed by atoms with Gasteiger partial charge in [0.05, 0.1) is 0 Å². The minimum atomic E-state index is -3.32. The third-order valence-electron chi connectivity index (χ3n) is 4.75. The molecule has 2 aliphatic rings. The van der Waals surface area contributed by atoms with E-state index in [0.29, 0.717) is 23.9 Å². The van der Waals surface area contributed by atoms with Gasteiger partial charge in [-0.3, -0.25) is 0 Å². The average Bonchev–Trinajstić information content (AvgIpc) is 3.15. The highest BCUT2D eigenvalue weighted by atomic mass is 32.2. The van der Waals surface area contributed by atoms with Gasteiger partial charge in [0.15, 0.2) is 0 Å². The van der Waals surface area contributed by atoms with Gasteiger partial charge in [-0.15, -0.1) is 0 Å². The average molecular weight is 311 g/mol. The van der Waals surface area contributed by atoms with Crippen LogP contribution < -0.4 is 5.32 Å². The number of rotatable bonds is 6. The van der Waals surface area contributed by atoms with Crippen LogP contribution in [0.15, 0.2) is 17.2 Å². The Bertz CT molecular complexity index is 585. The van der Waals surface area contributed by atoms with Crippen LogP contribution in [0.3, 0.4) is 0 Å². The number of fused-ring (bicyclic) bond motifs is 2. The largest absolute Gasteiger partial charge is 0.349 e. The normalized spacial score (nSPS) is 25.8. The summed E-state index contributed by atoms with van der Waals surface area (Å²) in [6, 6.07) is 2.08. The van der Waals surface area contributed by atoms with Crippen molar-refractivity contribution in [3.8, 4) is 0 Å². The molecule has 6 heteroatoms. The molecule has 1 saturated carbocycles. The number of aromatic nitrogens is 1. The zero-order chi connectivity index (χ0) is 15.0. The van der Waals surface area contributed by atoms with Crippen LogP contribution in [0.5, 0.6) is 0 Å². The molecule has 1 aliphatic carbocycles. The van der Waals surface area contributed by atoms with Crippen LogP contribution in [0.25, 0.3) is 0 Å². The zero-order valence-electron chi connectivity index (χ0n) is 12.9. The van der Waals surface area contributed by atoms with E-state index in [-0.39, 0.29) is 6.04 Å². The van der Waals surface area contributed by atoms with Crippen LogP contribution in [-0.4, -0.2) is 36.9 Å². The summed E-state index contributed by atoms with van der Waals surface area (Å²) in [5.74, 6) is 0.583. The van der Waals surface area contributed by atoms with Crippen molar-refractivity contribution in [2.24, 2.45) is 5.92 Å². The first-order valence-corrected chi connectivity index (χ1v) is 9.35. The summed E-state index contributed by atoms with van der Waals surface area (Å²) in [6.07, 6.45) is 6.09. The number of sulfonamides is 1. The molecule has 1 saturated heterocycles. The Hall–Kier alpha value is -0.850. The molecule has 5 nitrogen and oxygen atoms in total. The molecule has 0 amide bonds. The molecule has 2 bridgehead atoms. The van der Waals surface area contributed by atoms with E-state index in [0.717, 1.165) is 31.5 Å². The third kappa shape index (κ3) is 2.64. The van der Waals surface area contributed by atoms with E-state index < -0.39 is 10.0 Å². The van der Waals surface area contributed by atoms with Crippen molar-refractivity contribution in [2.75, 3.05) is 13.6 Å². The lowest BCUT2D eigenvalue weighted by atomic mass is 10.1. The second-order valence-corrected chi connectivity index (χ2v) is 8.19. The fourth-order valence-electron chi connectivity index (χ4n) is 3.75. The Morgan fingerprint density at radius 3 is 2.76 bits per heavy atom. The molecule has 1 aliphatic heterocycles. The van der Waals surface area contributed by atoms with E-state index in [1.807, 2.05) is 19.3 Å². The van der Waals surface area contributed by atoms with Gasteiger partial charge in [-0.05, 0) is 44.7 Å². The fourth-order valence-corrected chi connectivity index (χ4v) is 5.56. The van der Waals surface area contributed by atoms with Gasteiger partial charge in [-0.1, -0.05) is 6.92 Å². The Labute approximate surface area is 127 Å². The van der Waals surface area contributed by atoms with Crippen LogP contribution >= 0.6 is 0 Å². The number of nitrogens with zero attached hydrogens (tertiary/aromatic N) is 2. The summed E-state index contributed by atoms with van der Waals surface area (Å²) in [7, 11) is -1.44. The first kappa shape index (κ1) is 15.1. The lowest BCUT2D eigenvalue weighted by Crippen LogP contribution is -2.37. The van der Waals surface area contributed by atoms with Gasteiger partial charge in [0.1, 0.15) is 4.90 Å².